The van der Waals surface area contributed by atoms with Gasteiger partial charge in [-0.15, -0.1) is 0 Å². The van der Waals surface area contributed by atoms with Crippen LogP contribution < -0.4 is 19.1 Å². The molecule has 0 radical (unpaired) electrons. The SMILES string of the molecule is COc1ccc(N2C[C@H](c3nc4ccccc4n3CCOc3cccc(OC)c3)CC2=O)cc1. The number of amides is 1. The molecule has 0 saturated carbocycles. The highest BCUT2D eigenvalue weighted by Crippen LogP contribution is 2.34. The first-order valence-corrected chi connectivity index (χ1v) is 11.3. The molecule has 174 valence electrons. The molecule has 7 nitrogen and oxygen atoms in total. The summed E-state index contributed by atoms with van der Waals surface area (Å²) in [4.78, 5) is 19.7. The molecule has 34 heavy (non-hydrogen) atoms. The third-order valence-corrected chi connectivity index (χ3v) is 6.18. The van der Waals surface area contributed by atoms with Crippen molar-refractivity contribution in [1.29, 1.82) is 0 Å². The summed E-state index contributed by atoms with van der Waals surface area (Å²) in [7, 11) is 3.27. The van der Waals surface area contributed by atoms with Crippen molar-refractivity contribution in [3.8, 4) is 17.2 Å². The van der Waals surface area contributed by atoms with Crippen LogP contribution in [0.25, 0.3) is 11.0 Å². The summed E-state index contributed by atoms with van der Waals surface area (Å²) in [6.45, 7) is 1.69. The van der Waals surface area contributed by atoms with Crippen LogP contribution in [-0.2, 0) is 11.3 Å². The molecule has 1 fully saturated rings. The fraction of sp³-hybridized carbons (Fsp3) is 0.259. The van der Waals surface area contributed by atoms with E-state index in [1.807, 2.05) is 71.6 Å². The zero-order chi connectivity index (χ0) is 23.5. The molecule has 0 N–H and O–H groups in total. The summed E-state index contributed by atoms with van der Waals surface area (Å²) in [5, 5.41) is 0. The molecule has 3 aromatic carbocycles. The van der Waals surface area contributed by atoms with E-state index < -0.39 is 0 Å². The van der Waals surface area contributed by atoms with Crippen molar-refractivity contribution in [2.75, 3.05) is 32.3 Å². The molecule has 5 rings (SSSR count). The Hall–Kier alpha value is -4.00. The fourth-order valence-electron chi connectivity index (χ4n) is 4.48. The molecule has 0 spiro atoms. The van der Waals surface area contributed by atoms with Gasteiger partial charge in [-0.05, 0) is 48.5 Å². The number of benzene rings is 3. The molecule has 1 aliphatic heterocycles. The smallest absolute Gasteiger partial charge is 0.227 e. The quantitative estimate of drug-likeness (QED) is 0.385. The van der Waals surface area contributed by atoms with Crippen LogP contribution >= 0.6 is 0 Å². The number of hydrogen-bond acceptors (Lipinski definition) is 5. The minimum absolute atomic E-state index is 0.00109. The van der Waals surface area contributed by atoms with E-state index in [4.69, 9.17) is 19.2 Å². The van der Waals surface area contributed by atoms with Crippen LogP contribution in [0.15, 0.2) is 72.8 Å². The van der Waals surface area contributed by atoms with E-state index in [-0.39, 0.29) is 11.8 Å². The summed E-state index contributed by atoms with van der Waals surface area (Å²) < 4.78 is 18.7. The third-order valence-electron chi connectivity index (χ3n) is 6.18. The average Bonchev–Trinajstić information content (AvgIpc) is 3.45. The molecule has 1 atom stereocenters. The second kappa shape index (κ2) is 9.47. The van der Waals surface area contributed by atoms with E-state index in [9.17, 15) is 4.79 Å². The Bertz CT molecular complexity index is 1300. The number of rotatable bonds is 8. The van der Waals surface area contributed by atoms with Crippen LogP contribution in [0, 0.1) is 0 Å². The first kappa shape index (κ1) is 21.8. The Labute approximate surface area is 198 Å². The minimum atomic E-state index is -0.00109. The molecule has 7 heteroatoms. The predicted octanol–water partition coefficient (Wildman–Crippen LogP) is 4.65. The van der Waals surface area contributed by atoms with Gasteiger partial charge in [0.05, 0.1) is 31.8 Å². The Morgan fingerprint density at radius 2 is 1.68 bits per heavy atom. The lowest BCUT2D eigenvalue weighted by atomic mass is 10.1. The van der Waals surface area contributed by atoms with Gasteiger partial charge in [-0.2, -0.15) is 0 Å². The van der Waals surface area contributed by atoms with Gasteiger partial charge in [-0.1, -0.05) is 18.2 Å². The van der Waals surface area contributed by atoms with Crippen LogP contribution in [0.2, 0.25) is 0 Å². The van der Waals surface area contributed by atoms with Gasteiger partial charge in [-0.25, -0.2) is 4.98 Å². The molecule has 1 saturated heterocycles. The van der Waals surface area contributed by atoms with Gasteiger partial charge in [0.1, 0.15) is 29.7 Å². The van der Waals surface area contributed by atoms with Crippen molar-refractivity contribution in [2.24, 2.45) is 0 Å². The summed E-state index contributed by atoms with van der Waals surface area (Å²) >= 11 is 0. The van der Waals surface area contributed by atoms with Crippen molar-refractivity contribution >= 4 is 22.6 Å². The first-order valence-electron chi connectivity index (χ1n) is 11.3. The van der Waals surface area contributed by atoms with E-state index in [0.29, 0.717) is 26.1 Å². The molecule has 1 amide bonds. The Morgan fingerprint density at radius 3 is 2.47 bits per heavy atom. The number of aromatic nitrogens is 2. The van der Waals surface area contributed by atoms with Gasteiger partial charge in [-0.3, -0.25) is 4.79 Å². The van der Waals surface area contributed by atoms with E-state index in [1.54, 1.807) is 14.2 Å². The van der Waals surface area contributed by atoms with Crippen molar-refractivity contribution in [3.05, 3.63) is 78.6 Å². The number of para-hydroxylation sites is 2. The van der Waals surface area contributed by atoms with Crippen LogP contribution in [-0.4, -0.2) is 42.8 Å². The maximum atomic E-state index is 12.9. The maximum Gasteiger partial charge on any atom is 0.227 e. The van der Waals surface area contributed by atoms with E-state index >= 15 is 0 Å². The maximum absolute atomic E-state index is 12.9. The van der Waals surface area contributed by atoms with Crippen molar-refractivity contribution in [3.63, 3.8) is 0 Å². The Kier molecular flexibility index (Phi) is 6.08. The molecule has 1 aromatic heterocycles. The highest BCUT2D eigenvalue weighted by atomic mass is 16.5. The number of ether oxygens (including phenoxy) is 3. The average molecular weight is 458 g/mol. The topological polar surface area (TPSA) is 65.8 Å². The highest BCUT2D eigenvalue weighted by molar-refractivity contribution is 5.96. The summed E-state index contributed by atoms with van der Waals surface area (Å²) in [6, 6.07) is 23.2. The lowest BCUT2D eigenvalue weighted by molar-refractivity contribution is -0.117. The zero-order valence-electron chi connectivity index (χ0n) is 19.3. The molecule has 0 bridgehead atoms. The van der Waals surface area contributed by atoms with Gasteiger partial charge in [0, 0.05) is 30.6 Å². The van der Waals surface area contributed by atoms with Crippen LogP contribution in [0.5, 0.6) is 17.2 Å². The number of hydrogen-bond donors (Lipinski definition) is 0. The summed E-state index contributed by atoms with van der Waals surface area (Å²) in [6.07, 6.45) is 0.423. The minimum Gasteiger partial charge on any atom is -0.497 e. The number of carbonyl (C=O) groups is 1. The van der Waals surface area contributed by atoms with E-state index in [0.717, 1.165) is 39.8 Å². The Balaban J connectivity index is 1.37. The van der Waals surface area contributed by atoms with Gasteiger partial charge >= 0.3 is 0 Å². The zero-order valence-corrected chi connectivity index (χ0v) is 19.3. The molecular weight excluding hydrogens is 430 g/mol. The first-order chi connectivity index (χ1) is 16.7. The Morgan fingerprint density at radius 1 is 0.912 bits per heavy atom. The molecule has 0 unspecified atom stereocenters. The second-order valence-electron chi connectivity index (χ2n) is 8.24. The monoisotopic (exact) mass is 457 g/mol. The summed E-state index contributed by atoms with van der Waals surface area (Å²) in [5.41, 5.74) is 2.84. The van der Waals surface area contributed by atoms with Gasteiger partial charge in [0.2, 0.25) is 5.91 Å². The largest absolute Gasteiger partial charge is 0.497 e. The van der Waals surface area contributed by atoms with Crippen LogP contribution in [0.1, 0.15) is 18.2 Å². The number of imidazole rings is 1. The van der Waals surface area contributed by atoms with Gasteiger partial charge < -0.3 is 23.7 Å². The molecule has 4 aromatic rings. The molecule has 2 heterocycles. The second-order valence-corrected chi connectivity index (χ2v) is 8.24. The van der Waals surface area contributed by atoms with Crippen LogP contribution in [0.4, 0.5) is 5.69 Å². The predicted molar refractivity (Wildman–Crippen MR) is 131 cm³/mol. The number of anilines is 1. The normalized spacial score (nSPS) is 15.6. The number of methoxy groups -OCH3 is 2. The lowest BCUT2D eigenvalue weighted by Crippen LogP contribution is -2.24. The molecule has 0 aliphatic carbocycles. The number of fused-ring (bicyclic) bond motifs is 1. The molecular formula is C27H27N3O4. The van der Waals surface area contributed by atoms with E-state index in [1.165, 1.54) is 0 Å². The van der Waals surface area contributed by atoms with Crippen molar-refractivity contribution in [2.45, 2.75) is 18.9 Å². The van der Waals surface area contributed by atoms with Crippen molar-refractivity contribution < 1.29 is 19.0 Å². The third kappa shape index (κ3) is 4.29. The van der Waals surface area contributed by atoms with Gasteiger partial charge in [0.15, 0.2) is 0 Å². The highest BCUT2D eigenvalue weighted by Gasteiger charge is 2.34. The lowest BCUT2D eigenvalue weighted by Gasteiger charge is -2.18. The fourth-order valence-corrected chi connectivity index (χ4v) is 4.48. The van der Waals surface area contributed by atoms with E-state index in [2.05, 4.69) is 10.6 Å². The van der Waals surface area contributed by atoms with Crippen LogP contribution in [0.3, 0.4) is 0 Å². The molecule has 1 aliphatic rings. The van der Waals surface area contributed by atoms with Gasteiger partial charge in [0.25, 0.3) is 0 Å². The van der Waals surface area contributed by atoms with Crippen molar-refractivity contribution in [1.82, 2.24) is 9.55 Å². The number of carbonyl (C=O) groups excluding carboxylic acids is 1. The number of nitrogens with zero attached hydrogens (tertiary/aromatic N) is 3. The standard InChI is InChI=1S/C27H27N3O4/c1-32-21-12-10-20(11-13-21)30-18-19(16-26(30)31)27-28-24-8-3-4-9-25(24)29(27)14-15-34-23-7-5-6-22(17-23)33-2/h3-13,17,19H,14-16,18H2,1-2H3/t19-/m1/s1. The summed E-state index contributed by atoms with van der Waals surface area (Å²) in [5.74, 6) is 3.30.